The van der Waals surface area contributed by atoms with Crippen LogP contribution in [0.2, 0.25) is 5.02 Å². The molecule has 2 aromatic carbocycles. The van der Waals surface area contributed by atoms with Crippen molar-refractivity contribution in [3.05, 3.63) is 76.2 Å². The first kappa shape index (κ1) is 28.1. The number of ether oxygens (including phenoxy) is 2. The number of pyridine rings is 1. The number of carbonyl (C=O) groups excluding carboxylic acids is 2. The monoisotopic (exact) mass is 547 g/mol. The highest BCUT2D eigenvalue weighted by Gasteiger charge is 2.22. The van der Waals surface area contributed by atoms with Gasteiger partial charge < -0.3 is 14.8 Å². The van der Waals surface area contributed by atoms with E-state index in [2.05, 4.69) is 14.7 Å². The molecule has 8 nitrogen and oxygen atoms in total. The standard InChI is InChI=1S/C26H27ClFN3O5S/c1-15-12-17(28)10-11-21(15)35-24-22(16(2)20(27)14-29-24)23(32)30-18-8-7-9-19(13-18)37(6,34)31-25(33)36-26(3,4)5/h7-14H,1-6H3,(H,30,32). The lowest BCUT2D eigenvalue weighted by Crippen LogP contribution is -2.22. The molecular weight excluding hydrogens is 521 g/mol. The smallest absolute Gasteiger partial charge is 0.442 e. The molecule has 196 valence electrons. The lowest BCUT2D eigenvalue weighted by molar-refractivity contribution is 0.0607. The van der Waals surface area contributed by atoms with Gasteiger partial charge in [-0.2, -0.15) is 0 Å². The van der Waals surface area contributed by atoms with Crippen molar-refractivity contribution in [2.75, 3.05) is 11.6 Å². The molecule has 0 spiro atoms. The van der Waals surface area contributed by atoms with Crippen LogP contribution in [0, 0.1) is 19.7 Å². The molecule has 37 heavy (non-hydrogen) atoms. The number of hydrogen-bond acceptors (Lipinski definition) is 6. The zero-order valence-corrected chi connectivity index (χ0v) is 22.8. The van der Waals surface area contributed by atoms with Gasteiger partial charge in [0.05, 0.1) is 14.8 Å². The van der Waals surface area contributed by atoms with E-state index in [-0.39, 0.29) is 21.4 Å². The molecule has 1 aromatic heterocycles. The lowest BCUT2D eigenvalue weighted by Gasteiger charge is -2.17. The summed E-state index contributed by atoms with van der Waals surface area (Å²) in [6.07, 6.45) is 1.71. The Hall–Kier alpha value is -3.50. The molecule has 3 aromatic rings. The van der Waals surface area contributed by atoms with Crippen LogP contribution in [0.25, 0.3) is 0 Å². The Morgan fingerprint density at radius 1 is 1.14 bits per heavy atom. The molecule has 1 atom stereocenters. The molecule has 3 rings (SSSR count). The number of benzene rings is 2. The number of aromatic nitrogens is 1. The number of amides is 2. The van der Waals surface area contributed by atoms with Crippen LogP contribution in [-0.4, -0.2) is 33.1 Å². The molecule has 1 unspecified atom stereocenters. The number of hydrogen-bond donors (Lipinski definition) is 1. The van der Waals surface area contributed by atoms with E-state index in [9.17, 15) is 18.2 Å². The van der Waals surface area contributed by atoms with Gasteiger partial charge in [-0.05, 0) is 82.1 Å². The normalized spacial score (nSPS) is 12.9. The molecule has 2 amide bonds. The highest BCUT2D eigenvalue weighted by atomic mass is 35.5. The molecule has 0 aliphatic carbocycles. The van der Waals surface area contributed by atoms with E-state index in [1.54, 1.807) is 46.8 Å². The first-order valence-corrected chi connectivity index (χ1v) is 13.4. The zero-order chi connectivity index (χ0) is 27.5. The maximum Gasteiger partial charge on any atom is 0.442 e. The van der Waals surface area contributed by atoms with E-state index in [0.717, 1.165) is 0 Å². The number of anilines is 1. The van der Waals surface area contributed by atoms with Crippen LogP contribution in [-0.2, 0) is 14.5 Å². The zero-order valence-electron chi connectivity index (χ0n) is 21.2. The Labute approximate surface area is 220 Å². The van der Waals surface area contributed by atoms with Gasteiger partial charge in [0.1, 0.15) is 22.7 Å². The second-order valence-corrected chi connectivity index (χ2v) is 11.9. The number of nitrogens with one attached hydrogen (secondary N) is 1. The second-order valence-electron chi connectivity index (χ2n) is 9.28. The fraction of sp³-hybridized carbons (Fsp3) is 0.269. The summed E-state index contributed by atoms with van der Waals surface area (Å²) < 4.78 is 41.4. The number of halogens is 2. The van der Waals surface area contributed by atoms with E-state index < -0.39 is 33.1 Å². The summed E-state index contributed by atoms with van der Waals surface area (Å²) in [6.45, 7) is 8.33. The SMILES string of the molecule is Cc1cc(F)ccc1Oc1ncc(Cl)c(C)c1C(=O)Nc1cccc(S(C)(=O)=NC(=O)OC(C)(C)C)c1. The van der Waals surface area contributed by atoms with Crippen LogP contribution in [0.3, 0.4) is 0 Å². The van der Waals surface area contributed by atoms with Gasteiger partial charge in [0.2, 0.25) is 5.88 Å². The third kappa shape index (κ3) is 7.27. The molecule has 0 radical (unpaired) electrons. The van der Waals surface area contributed by atoms with Gasteiger partial charge in [-0.15, -0.1) is 4.36 Å². The second kappa shape index (κ2) is 10.9. The van der Waals surface area contributed by atoms with Gasteiger partial charge in [-0.3, -0.25) is 4.79 Å². The number of carbonyl (C=O) groups is 2. The van der Waals surface area contributed by atoms with Crippen LogP contribution in [0.5, 0.6) is 11.6 Å². The van der Waals surface area contributed by atoms with Gasteiger partial charge in [-0.25, -0.2) is 18.4 Å². The maximum absolute atomic E-state index is 13.5. The predicted octanol–water partition coefficient (Wildman–Crippen LogP) is 6.93. The fourth-order valence-electron chi connectivity index (χ4n) is 3.21. The molecule has 0 aliphatic rings. The summed E-state index contributed by atoms with van der Waals surface area (Å²) in [5, 5.41) is 2.96. The van der Waals surface area contributed by atoms with E-state index in [1.165, 1.54) is 42.8 Å². The summed E-state index contributed by atoms with van der Waals surface area (Å²) in [6, 6.07) is 10.1. The molecule has 0 saturated carbocycles. The predicted molar refractivity (Wildman–Crippen MR) is 141 cm³/mol. The highest BCUT2D eigenvalue weighted by molar-refractivity contribution is 7.93. The third-order valence-electron chi connectivity index (χ3n) is 4.98. The molecular formula is C26H27ClFN3O5S. The summed E-state index contributed by atoms with van der Waals surface area (Å²) in [4.78, 5) is 29.8. The third-order valence-corrected chi connectivity index (χ3v) is 6.99. The molecule has 0 fully saturated rings. The first-order chi connectivity index (χ1) is 17.2. The van der Waals surface area contributed by atoms with Gasteiger partial charge in [0, 0.05) is 23.0 Å². The molecule has 11 heteroatoms. The van der Waals surface area contributed by atoms with Crippen LogP contribution < -0.4 is 10.1 Å². The maximum atomic E-state index is 13.5. The van der Waals surface area contributed by atoms with E-state index >= 15 is 0 Å². The van der Waals surface area contributed by atoms with Gasteiger partial charge >= 0.3 is 6.09 Å². The van der Waals surface area contributed by atoms with Crippen molar-refractivity contribution in [2.24, 2.45) is 4.36 Å². The van der Waals surface area contributed by atoms with Crippen molar-refractivity contribution in [3.8, 4) is 11.6 Å². The first-order valence-electron chi connectivity index (χ1n) is 11.1. The quantitative estimate of drug-likeness (QED) is 0.371. The average Bonchev–Trinajstić information content (AvgIpc) is 2.76. The van der Waals surface area contributed by atoms with Crippen molar-refractivity contribution in [1.29, 1.82) is 0 Å². The van der Waals surface area contributed by atoms with Crippen molar-refractivity contribution >= 4 is 39.0 Å². The molecule has 0 bridgehead atoms. The topological polar surface area (TPSA) is 107 Å². The largest absolute Gasteiger partial charge is 0.442 e. The summed E-state index contributed by atoms with van der Waals surface area (Å²) in [5.41, 5.74) is 0.498. The minimum atomic E-state index is -3.17. The minimum absolute atomic E-state index is 0.0236. The summed E-state index contributed by atoms with van der Waals surface area (Å²) in [5.74, 6) is -0.717. The van der Waals surface area contributed by atoms with Crippen LogP contribution in [0.15, 0.2) is 57.9 Å². The Morgan fingerprint density at radius 3 is 2.49 bits per heavy atom. The van der Waals surface area contributed by atoms with Crippen LogP contribution in [0.1, 0.15) is 42.3 Å². The molecule has 1 heterocycles. The minimum Gasteiger partial charge on any atom is -0.442 e. The molecule has 0 aliphatic heterocycles. The highest BCUT2D eigenvalue weighted by Crippen LogP contribution is 2.32. The fourth-order valence-corrected chi connectivity index (χ4v) is 4.46. The van der Waals surface area contributed by atoms with Crippen molar-refractivity contribution < 1.29 is 27.7 Å². The lowest BCUT2D eigenvalue weighted by atomic mass is 10.1. The van der Waals surface area contributed by atoms with Crippen molar-refractivity contribution in [2.45, 2.75) is 45.1 Å². The van der Waals surface area contributed by atoms with Crippen LogP contribution in [0.4, 0.5) is 14.9 Å². The summed E-state index contributed by atoms with van der Waals surface area (Å²) in [7, 11) is -3.17. The molecule has 1 N–H and O–H groups in total. The van der Waals surface area contributed by atoms with E-state index in [0.29, 0.717) is 22.6 Å². The average molecular weight is 548 g/mol. The Morgan fingerprint density at radius 2 is 1.84 bits per heavy atom. The van der Waals surface area contributed by atoms with Gasteiger partial charge in [0.15, 0.2) is 0 Å². The van der Waals surface area contributed by atoms with Crippen molar-refractivity contribution in [3.63, 3.8) is 0 Å². The number of aryl methyl sites for hydroxylation is 1. The van der Waals surface area contributed by atoms with Gasteiger partial charge in [-0.1, -0.05) is 17.7 Å². The van der Waals surface area contributed by atoms with Crippen molar-refractivity contribution in [1.82, 2.24) is 4.98 Å². The molecule has 0 saturated heterocycles. The summed E-state index contributed by atoms with van der Waals surface area (Å²) >= 11 is 6.23. The van der Waals surface area contributed by atoms with E-state index in [4.69, 9.17) is 21.1 Å². The number of nitrogens with zero attached hydrogens (tertiary/aromatic N) is 2. The number of rotatable bonds is 5. The Bertz CT molecular complexity index is 1490. The van der Waals surface area contributed by atoms with E-state index in [1.807, 2.05) is 0 Å². The Balaban J connectivity index is 1.93. The van der Waals surface area contributed by atoms with Gasteiger partial charge in [0.25, 0.3) is 5.91 Å². The van der Waals surface area contributed by atoms with Crippen LogP contribution >= 0.6 is 11.6 Å². The Kier molecular flexibility index (Phi) is 8.24.